The van der Waals surface area contributed by atoms with Gasteiger partial charge in [-0.1, -0.05) is 36.4 Å². The summed E-state index contributed by atoms with van der Waals surface area (Å²) in [6.07, 6.45) is -0.872. The van der Waals surface area contributed by atoms with Crippen LogP contribution in [0.1, 0.15) is 13.8 Å². The van der Waals surface area contributed by atoms with E-state index in [2.05, 4.69) is 0 Å². The summed E-state index contributed by atoms with van der Waals surface area (Å²) < 4.78 is 5.16. The first-order valence-corrected chi connectivity index (χ1v) is 8.44. The van der Waals surface area contributed by atoms with Crippen LogP contribution in [0.25, 0.3) is 0 Å². The van der Waals surface area contributed by atoms with Crippen LogP contribution in [0.3, 0.4) is 0 Å². The molecule has 1 N–H and O–H groups in total. The van der Waals surface area contributed by atoms with Crippen LogP contribution in [0.2, 0.25) is 0 Å². The van der Waals surface area contributed by atoms with Crippen molar-refractivity contribution < 1.29 is 14.6 Å². The molecule has 0 heterocycles. The molecule has 0 bridgehead atoms. The van der Waals surface area contributed by atoms with Gasteiger partial charge in [0.05, 0.1) is 17.6 Å². The van der Waals surface area contributed by atoms with Crippen molar-refractivity contribution in [3.8, 4) is 0 Å². The van der Waals surface area contributed by atoms with Crippen molar-refractivity contribution in [2.24, 2.45) is 0 Å². The van der Waals surface area contributed by atoms with Crippen molar-refractivity contribution in [2.75, 3.05) is 6.61 Å². The van der Waals surface area contributed by atoms with Crippen LogP contribution in [0.15, 0.2) is 70.5 Å². The highest BCUT2D eigenvalue weighted by Crippen LogP contribution is 2.38. The summed E-state index contributed by atoms with van der Waals surface area (Å²) in [7, 11) is -0.659. The molecule has 0 saturated heterocycles. The average Bonchev–Trinajstić information content (AvgIpc) is 2.54. The third-order valence-electron chi connectivity index (χ3n) is 3.03. The molecule has 0 fully saturated rings. The molecule has 0 radical (unpaired) electrons. The van der Waals surface area contributed by atoms with Crippen molar-refractivity contribution >= 4 is 21.3 Å². The first-order valence-electron chi connectivity index (χ1n) is 7.21. The maximum atomic E-state index is 12.4. The molecule has 0 aliphatic rings. The number of carbonyl (C=O) groups excluding carboxylic acids is 1. The summed E-state index contributed by atoms with van der Waals surface area (Å²) in [5, 5.41) is 10.2. The van der Waals surface area contributed by atoms with Gasteiger partial charge in [-0.3, -0.25) is 0 Å². The minimum Gasteiger partial charge on any atom is -0.462 e. The molecule has 1 unspecified atom stereocenters. The van der Waals surface area contributed by atoms with Crippen LogP contribution in [0.5, 0.6) is 0 Å². The van der Waals surface area contributed by atoms with Crippen LogP contribution >= 0.6 is 10.5 Å². The van der Waals surface area contributed by atoms with Gasteiger partial charge < -0.3 is 9.84 Å². The Morgan fingerprint density at radius 2 is 1.50 bits per heavy atom. The molecule has 0 aliphatic carbocycles. The summed E-state index contributed by atoms with van der Waals surface area (Å²) >= 11 is 0. The highest BCUT2D eigenvalue weighted by atomic mass is 32.2. The minimum atomic E-state index is -0.872. The second kappa shape index (κ2) is 7.92. The van der Waals surface area contributed by atoms with E-state index < -0.39 is 22.6 Å². The molecule has 0 saturated carbocycles. The maximum Gasteiger partial charge on any atom is 0.342 e. The largest absolute Gasteiger partial charge is 0.462 e. The zero-order valence-corrected chi connectivity index (χ0v) is 13.5. The molecule has 4 heteroatoms. The Morgan fingerprint density at radius 1 is 1.05 bits per heavy atom. The predicted octanol–water partition coefficient (Wildman–Crippen LogP) is 3.49. The van der Waals surface area contributed by atoms with Gasteiger partial charge in [0.15, 0.2) is 0 Å². The smallest absolute Gasteiger partial charge is 0.342 e. The molecule has 2 aromatic carbocycles. The fraction of sp³-hybridized carbons (Fsp3) is 0.222. The highest BCUT2D eigenvalue weighted by molar-refractivity contribution is 8.17. The Bertz CT molecular complexity index is 607. The Hall–Kier alpha value is -1.91. The number of esters is 1. The third kappa shape index (κ3) is 3.84. The van der Waals surface area contributed by atoms with Crippen LogP contribution in [0.4, 0.5) is 0 Å². The van der Waals surface area contributed by atoms with Gasteiger partial charge in [-0.2, -0.15) is 0 Å². The number of ether oxygens (including phenoxy) is 1. The molecule has 0 aromatic heterocycles. The van der Waals surface area contributed by atoms with Gasteiger partial charge in [-0.25, -0.2) is 4.79 Å². The summed E-state index contributed by atoms with van der Waals surface area (Å²) in [6, 6.07) is 19.5. The predicted molar refractivity (Wildman–Crippen MR) is 90.3 cm³/mol. The average molecular weight is 316 g/mol. The zero-order valence-electron chi connectivity index (χ0n) is 12.7. The van der Waals surface area contributed by atoms with Gasteiger partial charge in [0, 0.05) is 9.79 Å². The van der Waals surface area contributed by atoms with E-state index in [1.54, 1.807) is 13.8 Å². The summed E-state index contributed by atoms with van der Waals surface area (Å²) in [6.45, 7) is 3.66. The molecule has 3 nitrogen and oxygen atoms in total. The molecule has 0 amide bonds. The third-order valence-corrected chi connectivity index (χ3v) is 5.47. The number of aliphatic hydroxyl groups is 1. The number of aliphatic hydroxyl groups excluding tert-OH is 1. The lowest BCUT2D eigenvalue weighted by Gasteiger charge is -2.18. The highest BCUT2D eigenvalue weighted by Gasteiger charge is 2.23. The molecule has 22 heavy (non-hydrogen) atoms. The summed E-state index contributed by atoms with van der Waals surface area (Å²) in [4.78, 5) is 14.7. The molecule has 2 aromatic rings. The van der Waals surface area contributed by atoms with E-state index in [1.165, 1.54) is 0 Å². The van der Waals surface area contributed by atoms with Crippen molar-refractivity contribution in [3.05, 3.63) is 60.7 Å². The number of hydrogen-bond donors (Lipinski definition) is 1. The van der Waals surface area contributed by atoms with Gasteiger partial charge >= 0.3 is 5.97 Å². The van der Waals surface area contributed by atoms with Gasteiger partial charge in [0.25, 0.3) is 0 Å². The zero-order chi connectivity index (χ0) is 15.9. The van der Waals surface area contributed by atoms with E-state index in [0.717, 1.165) is 9.79 Å². The Balaban J connectivity index is 2.70. The Labute approximate surface area is 133 Å². The van der Waals surface area contributed by atoms with Crippen LogP contribution < -0.4 is 0 Å². The Kier molecular flexibility index (Phi) is 5.92. The SMILES string of the molecule is CCOC(=O)C(C(C)O)=S(c1ccccc1)c1ccccc1. The number of benzene rings is 2. The quantitative estimate of drug-likeness (QED) is 0.678. The van der Waals surface area contributed by atoms with E-state index in [-0.39, 0.29) is 6.61 Å². The van der Waals surface area contributed by atoms with Crippen molar-refractivity contribution in [3.63, 3.8) is 0 Å². The molecule has 2 rings (SSSR count). The van der Waals surface area contributed by atoms with Gasteiger partial charge in [0.2, 0.25) is 0 Å². The van der Waals surface area contributed by atoms with Crippen molar-refractivity contribution in [1.82, 2.24) is 0 Å². The van der Waals surface area contributed by atoms with Crippen LogP contribution in [-0.2, 0) is 9.53 Å². The maximum absolute atomic E-state index is 12.4. The normalized spacial score (nSPS) is 12.0. The van der Waals surface area contributed by atoms with Gasteiger partial charge in [-0.15, -0.1) is 10.5 Å². The minimum absolute atomic E-state index is 0.288. The summed E-state index contributed by atoms with van der Waals surface area (Å²) in [5.74, 6) is -0.437. The van der Waals surface area contributed by atoms with E-state index in [4.69, 9.17) is 4.74 Å². The van der Waals surface area contributed by atoms with Gasteiger partial charge in [-0.05, 0) is 38.1 Å². The van der Waals surface area contributed by atoms with Crippen LogP contribution in [0, 0.1) is 0 Å². The second-order valence-electron chi connectivity index (χ2n) is 4.69. The van der Waals surface area contributed by atoms with E-state index >= 15 is 0 Å². The Morgan fingerprint density at radius 3 is 1.86 bits per heavy atom. The first-order chi connectivity index (χ1) is 10.6. The van der Waals surface area contributed by atoms with Crippen molar-refractivity contribution in [2.45, 2.75) is 29.7 Å². The molecule has 0 aliphatic heterocycles. The first kappa shape index (κ1) is 16.5. The second-order valence-corrected chi connectivity index (χ2v) is 6.69. The lowest BCUT2D eigenvalue weighted by atomic mass is 10.3. The summed E-state index contributed by atoms with van der Waals surface area (Å²) in [5.41, 5.74) is 0. The standard InChI is InChI=1S/C18H20O3S/c1-3-21-18(20)17(14(2)19)22(15-10-6-4-7-11-15)16-12-8-5-9-13-16/h4-14,19H,3H2,1-2H3. The van der Waals surface area contributed by atoms with Gasteiger partial charge in [0.1, 0.15) is 0 Å². The van der Waals surface area contributed by atoms with Crippen LogP contribution in [-0.4, -0.2) is 28.7 Å². The molecular weight excluding hydrogens is 296 g/mol. The fourth-order valence-corrected chi connectivity index (χ4v) is 4.34. The van der Waals surface area contributed by atoms with E-state index in [0.29, 0.717) is 4.86 Å². The molecule has 116 valence electrons. The van der Waals surface area contributed by atoms with Crippen molar-refractivity contribution in [1.29, 1.82) is 0 Å². The van der Waals surface area contributed by atoms with E-state index in [9.17, 15) is 9.90 Å². The fourth-order valence-electron chi connectivity index (χ4n) is 2.13. The van der Waals surface area contributed by atoms with E-state index in [1.807, 2.05) is 60.7 Å². The molecular formula is C18H20O3S. The lowest BCUT2D eigenvalue weighted by molar-refractivity contribution is -0.135. The monoisotopic (exact) mass is 316 g/mol. The topological polar surface area (TPSA) is 46.5 Å². The number of carbonyl (C=O) groups is 1. The number of rotatable bonds is 5. The lowest BCUT2D eigenvalue weighted by Crippen LogP contribution is -2.28. The molecule has 1 atom stereocenters. The number of hydrogen-bond acceptors (Lipinski definition) is 3. The molecule has 0 spiro atoms.